The van der Waals surface area contributed by atoms with E-state index in [1.807, 2.05) is 6.26 Å². The number of rotatable bonds is 1. The van der Waals surface area contributed by atoms with Gasteiger partial charge in [0.05, 0.1) is 0 Å². The van der Waals surface area contributed by atoms with Crippen molar-refractivity contribution in [2.45, 2.75) is 12.1 Å². The Morgan fingerprint density at radius 3 is 2.77 bits per heavy atom. The molecule has 0 radical (unpaired) electrons. The van der Waals surface area contributed by atoms with Crippen molar-refractivity contribution < 1.29 is 0 Å². The number of thioether (sulfide) groups is 1. The number of nitrogens with two attached hydrogens (primary N) is 1. The molecule has 0 fully saturated rings. The Kier molecular flexibility index (Phi) is 1.80. The number of fused-ring (bicyclic) bond motifs is 1. The Morgan fingerprint density at radius 2 is 2.08 bits per heavy atom. The van der Waals surface area contributed by atoms with Gasteiger partial charge in [0.15, 0.2) is 5.16 Å². The van der Waals surface area contributed by atoms with E-state index in [1.165, 1.54) is 16.3 Å². The second-order valence-corrected chi connectivity index (χ2v) is 3.21. The predicted octanol–water partition coefficient (Wildman–Crippen LogP) is 0.132. The molecule has 13 heavy (non-hydrogen) atoms. The molecule has 0 aliphatic carbocycles. The largest absolute Gasteiger partial charge is 0.368 e. The molecule has 0 aliphatic rings. The van der Waals surface area contributed by atoms with Gasteiger partial charge in [-0.05, 0) is 13.2 Å². The van der Waals surface area contributed by atoms with Crippen molar-refractivity contribution >= 4 is 23.5 Å². The van der Waals surface area contributed by atoms with E-state index in [1.54, 1.807) is 6.92 Å². The second kappa shape index (κ2) is 2.84. The average Bonchev–Trinajstić information content (AvgIpc) is 2.46. The summed E-state index contributed by atoms with van der Waals surface area (Å²) in [7, 11) is 0. The summed E-state index contributed by atoms with van der Waals surface area (Å²) < 4.78 is 1.43. The Bertz CT molecular complexity index is 450. The molecule has 0 saturated heterocycles. The maximum Gasteiger partial charge on any atom is 0.258 e. The Hall–Kier alpha value is -1.37. The van der Waals surface area contributed by atoms with Crippen LogP contribution in [0.25, 0.3) is 5.78 Å². The highest BCUT2D eigenvalue weighted by Crippen LogP contribution is 2.11. The first kappa shape index (κ1) is 8.24. The lowest BCUT2D eigenvalue weighted by atomic mass is 10.8. The lowest BCUT2D eigenvalue weighted by Crippen LogP contribution is -2.04. The normalized spacial score (nSPS) is 10.9. The van der Waals surface area contributed by atoms with Crippen LogP contribution >= 0.6 is 11.8 Å². The molecular formula is C6H8N6S. The number of anilines is 1. The number of nitrogens with zero attached hydrogens (tertiary/aromatic N) is 5. The van der Waals surface area contributed by atoms with Crippen LogP contribution in [0.1, 0.15) is 5.82 Å². The molecule has 2 heterocycles. The maximum absolute atomic E-state index is 5.64. The highest BCUT2D eigenvalue weighted by atomic mass is 32.2. The molecule has 0 spiro atoms. The fourth-order valence-corrected chi connectivity index (χ4v) is 1.33. The van der Waals surface area contributed by atoms with Gasteiger partial charge in [-0.3, -0.25) is 0 Å². The molecule has 0 atom stereocenters. The van der Waals surface area contributed by atoms with Crippen LogP contribution in [0.3, 0.4) is 0 Å². The molecule has 6 nitrogen and oxygen atoms in total. The van der Waals surface area contributed by atoms with Gasteiger partial charge in [-0.1, -0.05) is 11.8 Å². The zero-order valence-corrected chi connectivity index (χ0v) is 8.04. The van der Waals surface area contributed by atoms with Crippen LogP contribution in [0.15, 0.2) is 5.16 Å². The summed E-state index contributed by atoms with van der Waals surface area (Å²) in [5.41, 5.74) is 5.64. The van der Waals surface area contributed by atoms with Gasteiger partial charge in [0.1, 0.15) is 5.82 Å². The van der Waals surface area contributed by atoms with Crippen molar-refractivity contribution in [3.8, 4) is 0 Å². The van der Waals surface area contributed by atoms with Crippen LogP contribution in [-0.4, -0.2) is 30.8 Å². The molecule has 2 aromatic heterocycles. The van der Waals surface area contributed by atoms with Gasteiger partial charge in [-0.25, -0.2) is 0 Å². The number of nitrogen functional groups attached to an aromatic ring is 1. The standard InChI is InChI=1S/C6H8N6S/c1-3-8-5-10-6(13-2)9-4(7)12(5)11-3/h1-2H3,(H2,7,8,9,10,11). The third-order valence-electron chi connectivity index (χ3n) is 1.50. The van der Waals surface area contributed by atoms with Gasteiger partial charge in [0, 0.05) is 0 Å². The van der Waals surface area contributed by atoms with Crippen molar-refractivity contribution in [2.24, 2.45) is 0 Å². The molecule has 2 aromatic rings. The van der Waals surface area contributed by atoms with E-state index < -0.39 is 0 Å². The minimum Gasteiger partial charge on any atom is -0.368 e. The lowest BCUT2D eigenvalue weighted by Gasteiger charge is -1.97. The van der Waals surface area contributed by atoms with Crippen LogP contribution in [0.5, 0.6) is 0 Å². The van der Waals surface area contributed by atoms with Crippen molar-refractivity contribution in [1.29, 1.82) is 0 Å². The van der Waals surface area contributed by atoms with Crippen molar-refractivity contribution in [1.82, 2.24) is 24.6 Å². The minimum absolute atomic E-state index is 0.315. The summed E-state index contributed by atoms with van der Waals surface area (Å²) in [6.45, 7) is 1.78. The van der Waals surface area contributed by atoms with E-state index in [4.69, 9.17) is 5.73 Å². The summed E-state index contributed by atoms with van der Waals surface area (Å²) in [4.78, 5) is 12.2. The molecule has 7 heteroatoms. The summed E-state index contributed by atoms with van der Waals surface area (Å²) in [5, 5.41) is 4.64. The molecule has 0 amide bonds. The Morgan fingerprint density at radius 1 is 1.31 bits per heavy atom. The lowest BCUT2D eigenvalue weighted by molar-refractivity contribution is 0.843. The van der Waals surface area contributed by atoms with Crippen molar-refractivity contribution in [3.63, 3.8) is 0 Å². The Labute approximate surface area is 78.6 Å². The fraction of sp³-hybridized carbons (Fsp3) is 0.333. The average molecular weight is 196 g/mol. The summed E-state index contributed by atoms with van der Waals surface area (Å²) in [6.07, 6.45) is 1.88. The van der Waals surface area contributed by atoms with Crippen LogP contribution in [0.4, 0.5) is 5.95 Å². The van der Waals surface area contributed by atoms with Gasteiger partial charge < -0.3 is 5.73 Å². The fourth-order valence-electron chi connectivity index (χ4n) is 0.977. The van der Waals surface area contributed by atoms with E-state index >= 15 is 0 Å². The predicted molar refractivity (Wildman–Crippen MR) is 49.5 cm³/mol. The SMILES string of the molecule is CSc1nc(N)n2nc(C)nc2n1. The third-order valence-corrected chi connectivity index (χ3v) is 2.05. The molecule has 0 aliphatic heterocycles. The van der Waals surface area contributed by atoms with Gasteiger partial charge in [-0.15, -0.1) is 5.10 Å². The number of aryl methyl sites for hydroxylation is 1. The second-order valence-electron chi connectivity index (χ2n) is 2.44. The van der Waals surface area contributed by atoms with Gasteiger partial charge in [0.25, 0.3) is 5.78 Å². The van der Waals surface area contributed by atoms with E-state index in [9.17, 15) is 0 Å². The third kappa shape index (κ3) is 1.31. The van der Waals surface area contributed by atoms with E-state index in [-0.39, 0.29) is 0 Å². The topological polar surface area (TPSA) is 82.0 Å². The summed E-state index contributed by atoms with van der Waals surface area (Å²) >= 11 is 1.42. The quantitative estimate of drug-likeness (QED) is 0.653. The Balaban J connectivity index is 2.75. The van der Waals surface area contributed by atoms with E-state index in [0.29, 0.717) is 22.7 Å². The van der Waals surface area contributed by atoms with E-state index in [0.717, 1.165) is 0 Å². The molecular weight excluding hydrogens is 188 g/mol. The van der Waals surface area contributed by atoms with Crippen LogP contribution in [0.2, 0.25) is 0 Å². The molecule has 0 unspecified atom stereocenters. The van der Waals surface area contributed by atoms with Crippen molar-refractivity contribution in [2.75, 3.05) is 12.0 Å². The molecule has 2 N–H and O–H groups in total. The molecule has 2 rings (SSSR count). The smallest absolute Gasteiger partial charge is 0.258 e. The monoisotopic (exact) mass is 196 g/mol. The van der Waals surface area contributed by atoms with Gasteiger partial charge >= 0.3 is 0 Å². The summed E-state index contributed by atoms with van der Waals surface area (Å²) in [6, 6.07) is 0. The van der Waals surface area contributed by atoms with Crippen LogP contribution < -0.4 is 5.73 Å². The maximum atomic E-state index is 5.64. The highest BCUT2D eigenvalue weighted by Gasteiger charge is 2.06. The zero-order chi connectivity index (χ0) is 9.42. The zero-order valence-electron chi connectivity index (χ0n) is 7.22. The van der Waals surface area contributed by atoms with E-state index in [2.05, 4.69) is 20.1 Å². The summed E-state index contributed by atoms with van der Waals surface area (Å²) in [5.74, 6) is 1.45. The molecule has 0 saturated carbocycles. The van der Waals surface area contributed by atoms with Crippen LogP contribution in [0, 0.1) is 6.92 Å². The molecule has 68 valence electrons. The minimum atomic E-state index is 0.315. The van der Waals surface area contributed by atoms with Crippen molar-refractivity contribution in [3.05, 3.63) is 5.82 Å². The van der Waals surface area contributed by atoms with Crippen LogP contribution in [-0.2, 0) is 0 Å². The number of aromatic nitrogens is 5. The first-order chi connectivity index (χ1) is 6.20. The molecule has 0 aromatic carbocycles. The van der Waals surface area contributed by atoms with Gasteiger partial charge in [-0.2, -0.15) is 19.5 Å². The number of hydrogen-bond acceptors (Lipinski definition) is 6. The first-order valence-electron chi connectivity index (χ1n) is 3.61. The first-order valence-corrected chi connectivity index (χ1v) is 4.84. The molecule has 0 bridgehead atoms. The van der Waals surface area contributed by atoms with Gasteiger partial charge in [0.2, 0.25) is 5.95 Å². The highest BCUT2D eigenvalue weighted by molar-refractivity contribution is 7.98. The number of hydrogen-bond donors (Lipinski definition) is 1.